The minimum absolute atomic E-state index is 0.396. The third-order valence-electron chi connectivity index (χ3n) is 2.33. The summed E-state index contributed by atoms with van der Waals surface area (Å²) in [6.07, 6.45) is 0. The average Bonchev–Trinajstić information content (AvgIpc) is 2.14. The number of alkyl halides is 1. The fourth-order valence-electron chi connectivity index (χ4n) is 1.37. The molecule has 2 rings (SSSR count). The molecule has 1 aliphatic heterocycles. The molecule has 0 saturated carbocycles. The molecule has 3 heteroatoms. The maximum atomic E-state index is 9.89. The van der Waals surface area contributed by atoms with Crippen molar-refractivity contribution < 1.29 is 9.84 Å². The Bertz CT molecular complexity index is 290. The largest absolute Gasteiger partial charge is 0.380 e. The Hall–Kier alpha value is -0.570. The first-order chi connectivity index (χ1) is 6.24. The van der Waals surface area contributed by atoms with Gasteiger partial charge in [-0.15, -0.1) is 11.6 Å². The molecule has 1 fully saturated rings. The van der Waals surface area contributed by atoms with Crippen LogP contribution in [-0.2, 0) is 16.2 Å². The molecule has 1 heterocycles. The van der Waals surface area contributed by atoms with E-state index >= 15 is 0 Å². The monoisotopic (exact) mass is 198 g/mol. The first-order valence-electron chi connectivity index (χ1n) is 4.20. The Balaban J connectivity index is 2.22. The van der Waals surface area contributed by atoms with Crippen molar-refractivity contribution in [2.24, 2.45) is 0 Å². The van der Waals surface area contributed by atoms with Crippen LogP contribution < -0.4 is 0 Å². The maximum Gasteiger partial charge on any atom is 0.136 e. The zero-order chi connectivity index (χ0) is 9.31. The van der Waals surface area contributed by atoms with Gasteiger partial charge in [-0.05, 0) is 11.1 Å². The second-order valence-corrected chi connectivity index (χ2v) is 3.62. The summed E-state index contributed by atoms with van der Waals surface area (Å²) < 4.78 is 4.97. The molecule has 0 spiro atoms. The molecule has 0 aromatic heterocycles. The van der Waals surface area contributed by atoms with E-state index in [1.807, 2.05) is 24.3 Å². The molecule has 1 aromatic carbocycles. The normalized spacial score (nSPS) is 19.5. The molecule has 1 N–H and O–H groups in total. The summed E-state index contributed by atoms with van der Waals surface area (Å²) in [5.74, 6) is 0.509. The number of halogens is 1. The van der Waals surface area contributed by atoms with E-state index in [1.165, 1.54) is 0 Å². The van der Waals surface area contributed by atoms with E-state index in [-0.39, 0.29) is 0 Å². The number of hydrogen-bond acceptors (Lipinski definition) is 2. The van der Waals surface area contributed by atoms with E-state index in [0.717, 1.165) is 11.1 Å². The number of hydrogen-bond donors (Lipinski definition) is 1. The molecular weight excluding hydrogens is 188 g/mol. The van der Waals surface area contributed by atoms with E-state index in [2.05, 4.69) is 0 Å². The van der Waals surface area contributed by atoms with E-state index in [9.17, 15) is 5.11 Å². The minimum Gasteiger partial charge on any atom is -0.380 e. The van der Waals surface area contributed by atoms with E-state index < -0.39 is 5.60 Å². The third-order valence-corrected chi connectivity index (χ3v) is 2.64. The lowest BCUT2D eigenvalue weighted by Crippen LogP contribution is -2.46. The van der Waals surface area contributed by atoms with Crippen LogP contribution in [0.15, 0.2) is 24.3 Å². The fraction of sp³-hybridized carbons (Fsp3) is 0.400. The molecule has 0 atom stereocenters. The van der Waals surface area contributed by atoms with Gasteiger partial charge in [-0.3, -0.25) is 0 Å². The van der Waals surface area contributed by atoms with Gasteiger partial charge in [-0.1, -0.05) is 24.3 Å². The minimum atomic E-state index is -0.759. The van der Waals surface area contributed by atoms with Crippen LogP contribution in [-0.4, -0.2) is 18.3 Å². The maximum absolute atomic E-state index is 9.89. The molecule has 2 nitrogen and oxygen atoms in total. The van der Waals surface area contributed by atoms with Gasteiger partial charge in [-0.2, -0.15) is 0 Å². The quantitative estimate of drug-likeness (QED) is 0.733. The zero-order valence-electron chi connectivity index (χ0n) is 7.16. The standard InChI is InChI=1S/C10H11ClO2/c11-5-8-1-3-9(4-2-8)10(12)6-13-7-10/h1-4,12H,5-7H2. The molecule has 1 aliphatic rings. The van der Waals surface area contributed by atoms with Gasteiger partial charge in [0.1, 0.15) is 5.60 Å². The first kappa shape index (κ1) is 9.00. The third kappa shape index (κ3) is 1.57. The first-order valence-corrected chi connectivity index (χ1v) is 4.73. The van der Waals surface area contributed by atoms with E-state index in [4.69, 9.17) is 16.3 Å². The van der Waals surface area contributed by atoms with Gasteiger partial charge in [-0.25, -0.2) is 0 Å². The van der Waals surface area contributed by atoms with Gasteiger partial charge in [0.05, 0.1) is 13.2 Å². The van der Waals surface area contributed by atoms with Crippen molar-refractivity contribution in [1.29, 1.82) is 0 Å². The molecule has 0 amide bonds. The molecule has 70 valence electrons. The molecule has 0 bridgehead atoms. The summed E-state index contributed by atoms with van der Waals surface area (Å²) >= 11 is 5.65. The van der Waals surface area contributed by atoms with E-state index in [0.29, 0.717) is 19.1 Å². The summed E-state index contributed by atoms with van der Waals surface area (Å²) in [4.78, 5) is 0. The van der Waals surface area contributed by atoms with Crippen LogP contribution in [0.25, 0.3) is 0 Å². The molecule has 1 aromatic rings. The van der Waals surface area contributed by atoms with Crippen molar-refractivity contribution in [3.05, 3.63) is 35.4 Å². The highest BCUT2D eigenvalue weighted by molar-refractivity contribution is 6.17. The number of rotatable bonds is 2. The van der Waals surface area contributed by atoms with Gasteiger partial charge < -0.3 is 9.84 Å². The van der Waals surface area contributed by atoms with Crippen molar-refractivity contribution in [1.82, 2.24) is 0 Å². The molecule has 0 radical (unpaired) electrons. The number of benzene rings is 1. The van der Waals surface area contributed by atoms with Gasteiger partial charge in [0.25, 0.3) is 0 Å². The zero-order valence-corrected chi connectivity index (χ0v) is 7.92. The van der Waals surface area contributed by atoms with Crippen molar-refractivity contribution in [2.45, 2.75) is 11.5 Å². The van der Waals surface area contributed by atoms with Gasteiger partial charge in [0.2, 0.25) is 0 Å². The number of ether oxygens (including phenoxy) is 1. The number of aliphatic hydroxyl groups is 1. The Morgan fingerprint density at radius 3 is 2.31 bits per heavy atom. The Labute approximate surface area is 82.1 Å². The smallest absolute Gasteiger partial charge is 0.136 e. The van der Waals surface area contributed by atoms with Gasteiger partial charge in [0, 0.05) is 5.88 Å². The highest BCUT2D eigenvalue weighted by Gasteiger charge is 2.37. The lowest BCUT2D eigenvalue weighted by molar-refractivity contribution is -0.184. The average molecular weight is 199 g/mol. The summed E-state index contributed by atoms with van der Waals surface area (Å²) in [6.45, 7) is 0.792. The van der Waals surface area contributed by atoms with E-state index in [1.54, 1.807) is 0 Å². The molecular formula is C10H11ClO2. The summed E-state index contributed by atoms with van der Waals surface area (Å²) in [5.41, 5.74) is 1.21. The van der Waals surface area contributed by atoms with Gasteiger partial charge >= 0.3 is 0 Å². The summed E-state index contributed by atoms with van der Waals surface area (Å²) in [7, 11) is 0. The molecule has 13 heavy (non-hydrogen) atoms. The van der Waals surface area contributed by atoms with Crippen molar-refractivity contribution in [3.63, 3.8) is 0 Å². The Morgan fingerprint density at radius 2 is 1.92 bits per heavy atom. The van der Waals surface area contributed by atoms with Crippen LogP contribution in [0.2, 0.25) is 0 Å². The van der Waals surface area contributed by atoms with Crippen LogP contribution in [0.1, 0.15) is 11.1 Å². The predicted molar refractivity (Wildman–Crippen MR) is 50.7 cm³/mol. The van der Waals surface area contributed by atoms with Crippen molar-refractivity contribution >= 4 is 11.6 Å². The Morgan fingerprint density at radius 1 is 1.31 bits per heavy atom. The lowest BCUT2D eigenvalue weighted by atomic mass is 9.92. The molecule has 0 unspecified atom stereocenters. The topological polar surface area (TPSA) is 29.5 Å². The van der Waals surface area contributed by atoms with Crippen LogP contribution in [0.4, 0.5) is 0 Å². The second kappa shape index (κ2) is 3.29. The molecule has 0 aliphatic carbocycles. The van der Waals surface area contributed by atoms with Crippen LogP contribution in [0.3, 0.4) is 0 Å². The summed E-state index contributed by atoms with van der Waals surface area (Å²) in [5, 5.41) is 9.89. The van der Waals surface area contributed by atoms with Crippen LogP contribution >= 0.6 is 11.6 Å². The van der Waals surface area contributed by atoms with Crippen LogP contribution in [0, 0.1) is 0 Å². The summed E-state index contributed by atoms with van der Waals surface area (Å²) in [6, 6.07) is 7.66. The second-order valence-electron chi connectivity index (χ2n) is 3.35. The molecule has 1 saturated heterocycles. The SMILES string of the molecule is OC1(c2ccc(CCl)cc2)COC1. The lowest BCUT2D eigenvalue weighted by Gasteiger charge is -2.36. The predicted octanol–water partition coefficient (Wildman–Crippen LogP) is 1.64. The highest BCUT2D eigenvalue weighted by atomic mass is 35.5. The van der Waals surface area contributed by atoms with Gasteiger partial charge in [0.15, 0.2) is 0 Å². The van der Waals surface area contributed by atoms with Crippen molar-refractivity contribution in [3.8, 4) is 0 Å². The Kier molecular flexibility index (Phi) is 2.28. The fourth-order valence-corrected chi connectivity index (χ4v) is 1.54. The van der Waals surface area contributed by atoms with Crippen LogP contribution in [0.5, 0.6) is 0 Å². The van der Waals surface area contributed by atoms with Crippen molar-refractivity contribution in [2.75, 3.05) is 13.2 Å². The highest BCUT2D eigenvalue weighted by Crippen LogP contribution is 2.29.